The summed E-state index contributed by atoms with van der Waals surface area (Å²) in [6, 6.07) is 16.1. The predicted octanol–water partition coefficient (Wildman–Crippen LogP) is 2.60. The monoisotopic (exact) mass is 364 g/mol. The Morgan fingerprint density at radius 1 is 1.15 bits per heavy atom. The number of fused-ring (bicyclic) bond motifs is 1. The molecule has 2 aromatic rings. The van der Waals surface area contributed by atoms with Crippen molar-refractivity contribution in [3.8, 4) is 5.75 Å². The van der Waals surface area contributed by atoms with Gasteiger partial charge in [0.2, 0.25) is 11.8 Å². The lowest BCUT2D eigenvalue weighted by atomic mass is 9.98. The maximum atomic E-state index is 12.8. The van der Waals surface area contributed by atoms with Crippen molar-refractivity contribution in [2.45, 2.75) is 25.3 Å². The topological polar surface area (TPSA) is 49.9 Å². The number of carbonyl (C=O) groups excluding carboxylic acids is 2. The molecule has 1 saturated heterocycles. The maximum Gasteiger partial charge on any atom is 0.242 e. The second-order valence-corrected chi connectivity index (χ2v) is 7.29. The van der Waals surface area contributed by atoms with E-state index in [1.54, 1.807) is 12.0 Å². The van der Waals surface area contributed by atoms with Gasteiger partial charge in [-0.1, -0.05) is 36.4 Å². The van der Waals surface area contributed by atoms with E-state index in [4.69, 9.17) is 4.74 Å². The van der Waals surface area contributed by atoms with Crippen LogP contribution in [0.15, 0.2) is 48.5 Å². The van der Waals surface area contributed by atoms with Crippen LogP contribution < -0.4 is 4.74 Å². The predicted molar refractivity (Wildman–Crippen MR) is 102 cm³/mol. The Morgan fingerprint density at radius 2 is 1.96 bits per heavy atom. The van der Waals surface area contributed by atoms with Gasteiger partial charge in [-0.15, -0.1) is 0 Å². The average molecular weight is 364 g/mol. The third-order valence-electron chi connectivity index (χ3n) is 5.59. The van der Waals surface area contributed by atoms with Crippen LogP contribution in [-0.2, 0) is 22.6 Å². The van der Waals surface area contributed by atoms with Crippen molar-refractivity contribution in [3.63, 3.8) is 0 Å². The van der Waals surface area contributed by atoms with Crippen LogP contribution in [0, 0.1) is 0 Å². The Hall–Kier alpha value is -2.82. The zero-order valence-corrected chi connectivity index (χ0v) is 15.6. The van der Waals surface area contributed by atoms with Gasteiger partial charge in [-0.2, -0.15) is 0 Å². The second-order valence-electron chi connectivity index (χ2n) is 7.29. The number of methoxy groups -OCH3 is 1. The summed E-state index contributed by atoms with van der Waals surface area (Å²) in [5.74, 6) is 1.13. The molecule has 2 aliphatic heterocycles. The van der Waals surface area contributed by atoms with Crippen LogP contribution >= 0.6 is 0 Å². The molecule has 27 heavy (non-hydrogen) atoms. The molecule has 5 heteroatoms. The van der Waals surface area contributed by atoms with Crippen LogP contribution in [0.1, 0.15) is 29.0 Å². The fourth-order valence-corrected chi connectivity index (χ4v) is 4.01. The molecule has 0 saturated carbocycles. The van der Waals surface area contributed by atoms with Crippen LogP contribution in [0.2, 0.25) is 0 Å². The van der Waals surface area contributed by atoms with Gasteiger partial charge in [-0.05, 0) is 35.2 Å². The van der Waals surface area contributed by atoms with Crippen molar-refractivity contribution >= 4 is 11.8 Å². The number of hydrogen-bond donors (Lipinski definition) is 0. The highest BCUT2D eigenvalue weighted by molar-refractivity contribution is 5.86. The van der Waals surface area contributed by atoms with Gasteiger partial charge < -0.3 is 14.5 Å². The summed E-state index contributed by atoms with van der Waals surface area (Å²) in [6.07, 6.45) is 1.30. The molecule has 0 spiro atoms. The molecule has 2 amide bonds. The summed E-state index contributed by atoms with van der Waals surface area (Å²) in [7, 11) is 1.66. The lowest BCUT2D eigenvalue weighted by Gasteiger charge is -2.30. The Kier molecular flexibility index (Phi) is 4.84. The summed E-state index contributed by atoms with van der Waals surface area (Å²) < 4.78 is 5.28. The summed E-state index contributed by atoms with van der Waals surface area (Å²) in [5.41, 5.74) is 3.56. The minimum absolute atomic E-state index is 0.0264. The van der Waals surface area contributed by atoms with Crippen molar-refractivity contribution in [1.82, 2.24) is 9.80 Å². The summed E-state index contributed by atoms with van der Waals surface area (Å²) >= 11 is 0. The maximum absolute atomic E-state index is 12.8. The molecule has 0 unspecified atom stereocenters. The number of likely N-dealkylation sites (tertiary alicyclic amines) is 1. The summed E-state index contributed by atoms with van der Waals surface area (Å²) in [5, 5.41) is 0. The first kappa shape index (κ1) is 17.6. The fraction of sp³-hybridized carbons (Fsp3) is 0.364. The zero-order chi connectivity index (χ0) is 18.8. The van der Waals surface area contributed by atoms with Crippen LogP contribution in [-0.4, -0.2) is 48.4 Å². The van der Waals surface area contributed by atoms with Gasteiger partial charge in [0, 0.05) is 32.0 Å². The molecule has 0 N–H and O–H groups in total. The van der Waals surface area contributed by atoms with Crippen LogP contribution in [0.4, 0.5) is 0 Å². The van der Waals surface area contributed by atoms with Crippen molar-refractivity contribution in [3.05, 3.63) is 65.2 Å². The van der Waals surface area contributed by atoms with Gasteiger partial charge >= 0.3 is 0 Å². The standard InChI is InChI=1S/C22H24N2O3/c1-27-20-8-7-18-13-23(10-9-17(18)11-20)22(26)15-24-14-19(12-21(24)25)16-5-3-2-4-6-16/h2-8,11,19H,9-10,12-15H2,1H3/t19-/m1/s1. The van der Waals surface area contributed by atoms with E-state index in [9.17, 15) is 9.59 Å². The molecule has 140 valence electrons. The summed E-state index contributed by atoms with van der Waals surface area (Å²) in [6.45, 7) is 2.08. The Morgan fingerprint density at radius 3 is 2.74 bits per heavy atom. The molecule has 1 atom stereocenters. The van der Waals surface area contributed by atoms with Crippen LogP contribution in [0.3, 0.4) is 0 Å². The number of amides is 2. The normalized spacial score (nSPS) is 19.1. The van der Waals surface area contributed by atoms with E-state index in [-0.39, 0.29) is 24.3 Å². The van der Waals surface area contributed by atoms with E-state index < -0.39 is 0 Å². The molecule has 4 rings (SSSR count). The van der Waals surface area contributed by atoms with Crippen molar-refractivity contribution < 1.29 is 14.3 Å². The molecule has 1 fully saturated rings. The van der Waals surface area contributed by atoms with Gasteiger partial charge in [-0.25, -0.2) is 0 Å². The minimum atomic E-state index is 0.0264. The molecule has 0 radical (unpaired) electrons. The van der Waals surface area contributed by atoms with E-state index in [1.807, 2.05) is 41.3 Å². The first-order chi connectivity index (χ1) is 13.1. The molecule has 0 aromatic heterocycles. The number of carbonyl (C=O) groups is 2. The lowest BCUT2D eigenvalue weighted by Crippen LogP contribution is -2.43. The van der Waals surface area contributed by atoms with Gasteiger partial charge in [0.1, 0.15) is 5.75 Å². The minimum Gasteiger partial charge on any atom is -0.497 e. The average Bonchev–Trinajstić information content (AvgIpc) is 3.08. The van der Waals surface area contributed by atoms with E-state index in [2.05, 4.69) is 12.1 Å². The molecule has 0 aliphatic carbocycles. The van der Waals surface area contributed by atoms with E-state index in [1.165, 1.54) is 11.1 Å². The van der Waals surface area contributed by atoms with Crippen LogP contribution in [0.5, 0.6) is 5.75 Å². The third kappa shape index (κ3) is 3.68. The first-order valence-corrected chi connectivity index (χ1v) is 9.40. The lowest BCUT2D eigenvalue weighted by molar-refractivity contribution is -0.138. The van der Waals surface area contributed by atoms with Crippen LogP contribution in [0.25, 0.3) is 0 Å². The molecular weight excluding hydrogens is 340 g/mol. The Labute approximate surface area is 159 Å². The largest absolute Gasteiger partial charge is 0.497 e. The molecule has 0 bridgehead atoms. The molecule has 2 aromatic carbocycles. The van der Waals surface area contributed by atoms with Gasteiger partial charge in [0.25, 0.3) is 0 Å². The SMILES string of the molecule is COc1ccc2c(c1)CCN(C(=O)CN1C[C@H](c3ccccc3)CC1=O)C2. The molecular formula is C22H24N2O3. The Balaban J connectivity index is 1.38. The quantitative estimate of drug-likeness (QED) is 0.838. The van der Waals surface area contributed by atoms with Gasteiger partial charge in [0.05, 0.1) is 13.7 Å². The third-order valence-corrected chi connectivity index (χ3v) is 5.59. The number of nitrogens with zero attached hydrogens (tertiary/aromatic N) is 2. The first-order valence-electron chi connectivity index (χ1n) is 9.40. The van der Waals surface area contributed by atoms with Crippen molar-refractivity contribution in [2.75, 3.05) is 26.7 Å². The summed E-state index contributed by atoms with van der Waals surface area (Å²) in [4.78, 5) is 28.7. The molecule has 5 nitrogen and oxygen atoms in total. The highest BCUT2D eigenvalue weighted by atomic mass is 16.5. The Bertz CT molecular complexity index is 850. The molecule has 2 heterocycles. The number of ether oxygens (including phenoxy) is 1. The van der Waals surface area contributed by atoms with E-state index >= 15 is 0 Å². The van der Waals surface area contributed by atoms with Crippen molar-refractivity contribution in [1.29, 1.82) is 0 Å². The van der Waals surface area contributed by atoms with Gasteiger partial charge in [0.15, 0.2) is 0 Å². The van der Waals surface area contributed by atoms with E-state index in [0.717, 1.165) is 17.7 Å². The number of rotatable bonds is 4. The zero-order valence-electron chi connectivity index (χ0n) is 15.6. The number of hydrogen-bond acceptors (Lipinski definition) is 3. The fourth-order valence-electron chi connectivity index (χ4n) is 4.01. The number of benzene rings is 2. The second kappa shape index (κ2) is 7.43. The van der Waals surface area contributed by atoms with E-state index in [0.29, 0.717) is 26.1 Å². The highest BCUT2D eigenvalue weighted by Crippen LogP contribution is 2.28. The molecule has 2 aliphatic rings. The highest BCUT2D eigenvalue weighted by Gasteiger charge is 2.33. The smallest absolute Gasteiger partial charge is 0.242 e. The van der Waals surface area contributed by atoms with Gasteiger partial charge in [-0.3, -0.25) is 9.59 Å². The van der Waals surface area contributed by atoms with Crippen molar-refractivity contribution in [2.24, 2.45) is 0 Å².